The Bertz CT molecular complexity index is 453. The molecule has 1 rings (SSSR count). The Hall–Kier alpha value is -0.900. The molecule has 0 aliphatic heterocycles. The van der Waals surface area contributed by atoms with Gasteiger partial charge in [0.2, 0.25) is 0 Å². The average Bonchev–Trinajstić information content (AvgIpc) is 2.30. The van der Waals surface area contributed by atoms with Crippen LogP contribution in [0.4, 0.5) is 0 Å². The van der Waals surface area contributed by atoms with E-state index in [0.29, 0.717) is 11.3 Å². The zero-order chi connectivity index (χ0) is 14.8. The summed E-state index contributed by atoms with van der Waals surface area (Å²) < 4.78 is 21.5. The lowest BCUT2D eigenvalue weighted by Crippen LogP contribution is -2.24. The molecule has 19 heavy (non-hydrogen) atoms. The molecule has 0 aromatic rings. The maximum absolute atomic E-state index is 12.7. The number of hydrogen-bond donors (Lipinski definition) is 0. The summed E-state index contributed by atoms with van der Waals surface area (Å²) in [4.78, 5) is 11.2. The van der Waals surface area contributed by atoms with Crippen molar-refractivity contribution in [1.29, 1.82) is 0 Å². The van der Waals surface area contributed by atoms with Gasteiger partial charge in [0.05, 0.1) is 5.57 Å². The summed E-state index contributed by atoms with van der Waals surface area (Å²) in [5.74, 6) is 0.403. The van der Waals surface area contributed by atoms with Crippen LogP contribution in [-0.4, -0.2) is 43.8 Å². The number of carbonyl (C=O) groups excluding carboxylic acids is 1. The summed E-state index contributed by atoms with van der Waals surface area (Å²) >= 11 is 0. The summed E-state index contributed by atoms with van der Waals surface area (Å²) in [6.45, 7) is 4.09. The van der Waals surface area contributed by atoms with E-state index >= 15 is 0 Å². The number of allylic oxidation sites excluding steroid dienone is 3. The molecule has 0 N–H and O–H groups in total. The van der Waals surface area contributed by atoms with Crippen LogP contribution in [0.5, 0.6) is 0 Å². The van der Waals surface area contributed by atoms with E-state index in [4.69, 9.17) is 4.52 Å². The van der Waals surface area contributed by atoms with Crippen LogP contribution >= 0.6 is 7.67 Å². The van der Waals surface area contributed by atoms with Crippen molar-refractivity contribution < 1.29 is 13.9 Å². The third-order valence-electron chi connectivity index (χ3n) is 3.00. The summed E-state index contributed by atoms with van der Waals surface area (Å²) in [5.41, 5.74) is 0.378. The highest BCUT2D eigenvalue weighted by Crippen LogP contribution is 2.53. The van der Waals surface area contributed by atoms with Crippen LogP contribution in [0.15, 0.2) is 23.5 Å². The lowest BCUT2D eigenvalue weighted by Gasteiger charge is -2.32. The molecule has 0 bridgehead atoms. The van der Waals surface area contributed by atoms with E-state index in [2.05, 4.69) is 0 Å². The molecule has 0 aromatic carbocycles. The van der Waals surface area contributed by atoms with Gasteiger partial charge in [-0.3, -0.25) is 4.79 Å². The number of rotatable bonds is 5. The third-order valence-corrected chi connectivity index (χ3v) is 5.46. The number of carbonyl (C=O) groups is 1. The van der Waals surface area contributed by atoms with Gasteiger partial charge in [-0.1, -0.05) is 19.9 Å². The van der Waals surface area contributed by atoms with Gasteiger partial charge in [-0.05, 0) is 46.1 Å². The van der Waals surface area contributed by atoms with Gasteiger partial charge in [0, 0.05) is 0 Å². The van der Waals surface area contributed by atoms with Gasteiger partial charge < -0.3 is 4.52 Å². The molecule has 1 aliphatic carbocycles. The van der Waals surface area contributed by atoms with Crippen molar-refractivity contribution in [2.24, 2.45) is 5.41 Å². The average molecular weight is 286 g/mol. The highest BCUT2D eigenvalue weighted by Gasteiger charge is 2.34. The molecule has 108 valence electrons. The minimum Gasteiger partial charge on any atom is -0.421 e. The molecular weight excluding hydrogens is 263 g/mol. The standard InChI is InChI=1S/C13H23N2O3P/c1-13(2)8-7-12(11(9-13)10-16)18-19(17,14(3)4)15(5)6/h7,9-10H,8H2,1-6H3. The van der Waals surface area contributed by atoms with Gasteiger partial charge in [-0.15, -0.1) is 0 Å². The predicted molar refractivity (Wildman–Crippen MR) is 76.7 cm³/mol. The molecule has 6 heteroatoms. The number of aldehydes is 1. The van der Waals surface area contributed by atoms with Crippen LogP contribution in [0.1, 0.15) is 20.3 Å². The second-order valence-electron chi connectivity index (χ2n) is 5.75. The number of nitrogens with zero attached hydrogens (tertiary/aromatic N) is 2. The molecular formula is C13H23N2O3P. The van der Waals surface area contributed by atoms with Crippen molar-refractivity contribution in [2.75, 3.05) is 28.2 Å². The van der Waals surface area contributed by atoms with E-state index < -0.39 is 7.67 Å². The fourth-order valence-corrected chi connectivity index (χ4v) is 3.33. The molecule has 0 amide bonds. The van der Waals surface area contributed by atoms with Gasteiger partial charge in [0.25, 0.3) is 0 Å². The monoisotopic (exact) mass is 286 g/mol. The van der Waals surface area contributed by atoms with Crippen molar-refractivity contribution in [3.05, 3.63) is 23.5 Å². The highest BCUT2D eigenvalue weighted by molar-refractivity contribution is 7.54. The quantitative estimate of drug-likeness (QED) is 0.574. The lowest BCUT2D eigenvalue weighted by molar-refractivity contribution is -0.105. The molecule has 0 aromatic heterocycles. The van der Waals surface area contributed by atoms with Crippen LogP contribution in [0.2, 0.25) is 0 Å². The molecule has 0 saturated carbocycles. The first-order valence-corrected chi connectivity index (χ1v) is 7.69. The van der Waals surface area contributed by atoms with E-state index in [1.54, 1.807) is 28.2 Å². The van der Waals surface area contributed by atoms with Crippen LogP contribution in [0, 0.1) is 5.41 Å². The van der Waals surface area contributed by atoms with E-state index in [1.807, 2.05) is 26.0 Å². The molecule has 5 nitrogen and oxygen atoms in total. The van der Waals surface area contributed by atoms with E-state index in [-0.39, 0.29) is 5.41 Å². The molecule has 0 saturated heterocycles. The summed E-state index contributed by atoms with van der Waals surface area (Å²) in [7, 11) is 3.65. The van der Waals surface area contributed by atoms with Crippen molar-refractivity contribution in [1.82, 2.24) is 9.34 Å². The first kappa shape index (κ1) is 16.2. The second kappa shape index (κ2) is 5.61. The van der Waals surface area contributed by atoms with Crippen molar-refractivity contribution >= 4 is 14.0 Å². The molecule has 0 unspecified atom stereocenters. The lowest BCUT2D eigenvalue weighted by atomic mass is 9.83. The van der Waals surface area contributed by atoms with Gasteiger partial charge in [0.1, 0.15) is 5.76 Å². The maximum Gasteiger partial charge on any atom is 0.394 e. The molecule has 0 atom stereocenters. The summed E-state index contributed by atoms with van der Waals surface area (Å²) in [6.07, 6.45) is 5.21. The largest absolute Gasteiger partial charge is 0.421 e. The second-order valence-corrected chi connectivity index (χ2v) is 8.52. The smallest absolute Gasteiger partial charge is 0.394 e. The van der Waals surface area contributed by atoms with Gasteiger partial charge in [0.15, 0.2) is 6.29 Å². The van der Waals surface area contributed by atoms with Gasteiger partial charge >= 0.3 is 7.67 Å². The minimum atomic E-state index is -3.13. The van der Waals surface area contributed by atoms with Crippen LogP contribution in [-0.2, 0) is 13.9 Å². The Balaban J connectivity index is 3.06. The zero-order valence-electron chi connectivity index (χ0n) is 12.5. The van der Waals surface area contributed by atoms with E-state index in [1.165, 1.54) is 9.34 Å². The topological polar surface area (TPSA) is 49.9 Å². The molecule has 0 radical (unpaired) electrons. The first-order valence-electron chi connectivity index (χ1n) is 6.16. The van der Waals surface area contributed by atoms with Crippen molar-refractivity contribution in [3.63, 3.8) is 0 Å². The van der Waals surface area contributed by atoms with Crippen LogP contribution in [0.25, 0.3) is 0 Å². The zero-order valence-corrected chi connectivity index (χ0v) is 13.4. The number of hydrogen-bond acceptors (Lipinski definition) is 3. The molecule has 0 fully saturated rings. The van der Waals surface area contributed by atoms with Crippen LogP contribution in [0.3, 0.4) is 0 Å². The Kier molecular flexibility index (Phi) is 4.77. The minimum absolute atomic E-state index is 0.0800. The Morgan fingerprint density at radius 1 is 1.26 bits per heavy atom. The highest BCUT2D eigenvalue weighted by atomic mass is 31.2. The fourth-order valence-electron chi connectivity index (χ4n) is 1.86. The van der Waals surface area contributed by atoms with E-state index in [0.717, 1.165) is 12.7 Å². The molecule has 0 heterocycles. The van der Waals surface area contributed by atoms with Crippen LogP contribution < -0.4 is 0 Å². The summed E-state index contributed by atoms with van der Waals surface area (Å²) in [6, 6.07) is 0. The van der Waals surface area contributed by atoms with Gasteiger partial charge in [-0.2, -0.15) is 0 Å². The molecule has 1 aliphatic rings. The SMILES string of the molecule is CN(C)P(=O)(OC1=CCC(C)(C)C=C1C=O)N(C)C. The van der Waals surface area contributed by atoms with Gasteiger partial charge in [-0.25, -0.2) is 13.9 Å². The maximum atomic E-state index is 12.7. The molecule has 0 spiro atoms. The fraction of sp³-hybridized carbons (Fsp3) is 0.615. The normalized spacial score (nSPS) is 19.2. The third kappa shape index (κ3) is 3.56. The van der Waals surface area contributed by atoms with Crippen molar-refractivity contribution in [3.8, 4) is 0 Å². The van der Waals surface area contributed by atoms with E-state index in [9.17, 15) is 9.36 Å². The Morgan fingerprint density at radius 2 is 1.79 bits per heavy atom. The summed E-state index contributed by atoms with van der Waals surface area (Å²) in [5, 5.41) is 0. The van der Waals surface area contributed by atoms with Crippen molar-refractivity contribution in [2.45, 2.75) is 20.3 Å². The predicted octanol–water partition coefficient (Wildman–Crippen LogP) is 2.67. The first-order chi connectivity index (χ1) is 8.62. The Morgan fingerprint density at radius 3 is 2.21 bits per heavy atom. The Labute approximate surface area is 115 Å².